The van der Waals surface area contributed by atoms with Gasteiger partial charge in [-0.05, 0) is 30.3 Å². The average Bonchev–Trinajstić information content (AvgIpc) is 3.39. The molecule has 2 fully saturated rings. The van der Waals surface area contributed by atoms with Crippen LogP contribution in [0.15, 0.2) is 49.3 Å². The van der Waals surface area contributed by atoms with Crippen LogP contribution in [0, 0.1) is 5.82 Å². The van der Waals surface area contributed by atoms with E-state index < -0.39 is 5.82 Å². The van der Waals surface area contributed by atoms with Crippen molar-refractivity contribution in [1.82, 2.24) is 14.9 Å². The number of aromatic nitrogens is 2. The molecule has 0 unspecified atom stereocenters. The van der Waals surface area contributed by atoms with E-state index in [0.717, 1.165) is 6.42 Å². The number of ether oxygens (including phenoxy) is 3. The molecular formula is C26H26ClFN4O4. The van der Waals surface area contributed by atoms with Crippen LogP contribution in [0.25, 0.3) is 10.9 Å². The van der Waals surface area contributed by atoms with Gasteiger partial charge in [-0.25, -0.2) is 14.4 Å². The Hall–Kier alpha value is -3.43. The summed E-state index contributed by atoms with van der Waals surface area (Å²) in [4.78, 5) is 22.4. The minimum absolute atomic E-state index is 0.0771. The van der Waals surface area contributed by atoms with Crippen molar-refractivity contribution >= 4 is 39.9 Å². The van der Waals surface area contributed by atoms with Gasteiger partial charge in [0.25, 0.3) is 0 Å². The van der Waals surface area contributed by atoms with Crippen LogP contribution >= 0.6 is 11.6 Å². The molecule has 1 atom stereocenters. The molecule has 5 rings (SSSR count). The molecule has 8 nitrogen and oxygen atoms in total. The van der Waals surface area contributed by atoms with Gasteiger partial charge >= 0.3 is 0 Å². The first-order valence-electron chi connectivity index (χ1n) is 11.8. The predicted molar refractivity (Wildman–Crippen MR) is 135 cm³/mol. The minimum atomic E-state index is -0.493. The van der Waals surface area contributed by atoms with Gasteiger partial charge in [0, 0.05) is 48.8 Å². The highest BCUT2D eigenvalue weighted by Gasteiger charge is 2.26. The van der Waals surface area contributed by atoms with Crippen LogP contribution in [0.5, 0.6) is 11.5 Å². The fourth-order valence-corrected chi connectivity index (χ4v) is 4.51. The second kappa shape index (κ2) is 10.7. The summed E-state index contributed by atoms with van der Waals surface area (Å²) in [5, 5.41) is 3.99. The Labute approximate surface area is 213 Å². The highest BCUT2D eigenvalue weighted by atomic mass is 35.5. The number of fused-ring (bicyclic) bond motifs is 1. The Morgan fingerprint density at radius 3 is 2.64 bits per heavy atom. The van der Waals surface area contributed by atoms with E-state index in [-0.39, 0.29) is 23.8 Å². The van der Waals surface area contributed by atoms with Crippen LogP contribution in [0.1, 0.15) is 19.3 Å². The highest BCUT2D eigenvalue weighted by molar-refractivity contribution is 6.30. The highest BCUT2D eigenvalue weighted by Crippen LogP contribution is 2.38. The molecule has 2 aliphatic heterocycles. The third kappa shape index (κ3) is 5.37. The lowest BCUT2D eigenvalue weighted by Gasteiger charge is -2.32. The number of hydrogen-bond acceptors (Lipinski definition) is 7. The quantitative estimate of drug-likeness (QED) is 0.451. The van der Waals surface area contributed by atoms with Gasteiger partial charge < -0.3 is 24.4 Å². The Balaban J connectivity index is 1.45. The Morgan fingerprint density at radius 2 is 1.92 bits per heavy atom. The first-order valence-corrected chi connectivity index (χ1v) is 12.2. The topological polar surface area (TPSA) is 85.8 Å². The van der Waals surface area contributed by atoms with Crippen molar-refractivity contribution in [3.8, 4) is 11.5 Å². The van der Waals surface area contributed by atoms with E-state index in [0.29, 0.717) is 72.4 Å². The van der Waals surface area contributed by atoms with Crippen molar-refractivity contribution in [2.24, 2.45) is 0 Å². The lowest BCUT2D eigenvalue weighted by Crippen LogP contribution is -2.41. The summed E-state index contributed by atoms with van der Waals surface area (Å²) in [5.41, 5.74) is 0.860. The van der Waals surface area contributed by atoms with Crippen LogP contribution in [-0.4, -0.2) is 59.3 Å². The molecule has 188 valence electrons. The third-order valence-electron chi connectivity index (χ3n) is 6.29. The molecule has 3 aromatic rings. The summed E-state index contributed by atoms with van der Waals surface area (Å²) >= 11 is 5.89. The van der Waals surface area contributed by atoms with Gasteiger partial charge in [0.15, 0.2) is 11.5 Å². The van der Waals surface area contributed by atoms with E-state index in [1.807, 2.05) is 12.1 Å². The van der Waals surface area contributed by atoms with Crippen LogP contribution in [0.2, 0.25) is 5.02 Å². The summed E-state index contributed by atoms with van der Waals surface area (Å²) in [5.74, 6) is 0.954. The molecule has 0 aliphatic carbocycles. The first kappa shape index (κ1) is 24.3. The van der Waals surface area contributed by atoms with E-state index in [4.69, 9.17) is 25.8 Å². The molecular weight excluding hydrogens is 487 g/mol. The van der Waals surface area contributed by atoms with Crippen LogP contribution in [-0.2, 0) is 9.53 Å². The average molecular weight is 513 g/mol. The maximum Gasteiger partial charge on any atom is 0.245 e. The van der Waals surface area contributed by atoms with Crippen molar-refractivity contribution in [1.29, 1.82) is 0 Å². The zero-order valence-corrected chi connectivity index (χ0v) is 20.3. The molecule has 0 spiro atoms. The fraction of sp³-hybridized carbons (Fsp3) is 0.346. The van der Waals surface area contributed by atoms with E-state index in [1.165, 1.54) is 18.5 Å². The lowest BCUT2D eigenvalue weighted by atomic mass is 10.1. The number of rotatable bonds is 7. The summed E-state index contributed by atoms with van der Waals surface area (Å²) in [6, 6.07) is 8.02. The molecule has 10 heteroatoms. The molecule has 0 bridgehead atoms. The number of amides is 1. The largest absolute Gasteiger partial charge is 0.486 e. The molecule has 3 heterocycles. The monoisotopic (exact) mass is 512 g/mol. The lowest BCUT2D eigenvalue weighted by molar-refractivity contribution is -0.127. The smallest absolute Gasteiger partial charge is 0.245 e. The summed E-state index contributed by atoms with van der Waals surface area (Å²) in [6.07, 6.45) is 4.69. The predicted octanol–water partition coefficient (Wildman–Crippen LogP) is 4.89. The second-order valence-corrected chi connectivity index (χ2v) is 9.17. The Bertz CT molecular complexity index is 1280. The van der Waals surface area contributed by atoms with E-state index in [9.17, 15) is 9.18 Å². The zero-order valence-electron chi connectivity index (χ0n) is 19.6. The zero-order chi connectivity index (χ0) is 25.1. The number of anilines is 2. The van der Waals surface area contributed by atoms with Crippen molar-refractivity contribution < 1.29 is 23.4 Å². The molecule has 1 N–H and O–H groups in total. The fourth-order valence-electron chi connectivity index (χ4n) is 4.35. The number of carbonyl (C=O) groups excluding carboxylic acids is 1. The SMILES string of the molecule is C=CC(=O)N1CCC(Oc2cc3c(Nc4ccc(Cl)cc4F)ncnc3cc2O[C@H]2CCOC2)CC1. The standard InChI is InChI=1S/C26H26ClFN4O4/c1-2-25(33)32-8-5-17(6-9-32)35-23-12-19-22(13-24(23)36-18-7-10-34-14-18)29-15-30-26(19)31-21-4-3-16(27)11-20(21)28/h2-4,11-13,15,17-18H,1,5-10,14H2,(H,29,30,31)/t18-/m0/s1. The molecule has 1 amide bonds. The van der Waals surface area contributed by atoms with Crippen LogP contribution in [0.4, 0.5) is 15.9 Å². The van der Waals surface area contributed by atoms with Gasteiger partial charge in [-0.15, -0.1) is 0 Å². The van der Waals surface area contributed by atoms with E-state index >= 15 is 0 Å². The van der Waals surface area contributed by atoms with Gasteiger partial charge in [0.2, 0.25) is 5.91 Å². The van der Waals surface area contributed by atoms with Gasteiger partial charge in [0.05, 0.1) is 24.4 Å². The normalized spacial score (nSPS) is 18.3. The number of likely N-dealkylation sites (tertiary alicyclic amines) is 1. The van der Waals surface area contributed by atoms with Crippen LogP contribution < -0.4 is 14.8 Å². The molecule has 2 aromatic carbocycles. The van der Waals surface area contributed by atoms with Gasteiger partial charge in [-0.3, -0.25) is 4.79 Å². The van der Waals surface area contributed by atoms with Gasteiger partial charge in [-0.2, -0.15) is 0 Å². The maximum absolute atomic E-state index is 14.4. The number of halogens is 2. The molecule has 36 heavy (non-hydrogen) atoms. The van der Waals surface area contributed by atoms with E-state index in [2.05, 4.69) is 21.9 Å². The number of benzene rings is 2. The molecule has 2 saturated heterocycles. The number of piperidine rings is 1. The first-order chi connectivity index (χ1) is 17.5. The van der Waals surface area contributed by atoms with Crippen molar-refractivity contribution in [3.05, 3.63) is 60.2 Å². The molecule has 0 saturated carbocycles. The number of nitrogens with zero attached hydrogens (tertiary/aromatic N) is 3. The summed E-state index contributed by atoms with van der Waals surface area (Å²) < 4.78 is 32.6. The van der Waals surface area contributed by atoms with Crippen molar-refractivity contribution in [2.45, 2.75) is 31.5 Å². The Kier molecular flexibility index (Phi) is 7.20. The second-order valence-electron chi connectivity index (χ2n) is 8.74. The number of carbonyl (C=O) groups is 1. The molecule has 2 aliphatic rings. The molecule has 0 radical (unpaired) electrons. The molecule has 1 aromatic heterocycles. The van der Waals surface area contributed by atoms with Crippen molar-refractivity contribution in [3.63, 3.8) is 0 Å². The maximum atomic E-state index is 14.4. The van der Waals surface area contributed by atoms with Gasteiger partial charge in [0.1, 0.15) is 30.2 Å². The van der Waals surface area contributed by atoms with Crippen molar-refractivity contribution in [2.75, 3.05) is 31.6 Å². The minimum Gasteiger partial charge on any atom is -0.486 e. The van der Waals surface area contributed by atoms with E-state index in [1.54, 1.807) is 17.0 Å². The third-order valence-corrected chi connectivity index (χ3v) is 6.52. The number of nitrogens with one attached hydrogen (secondary N) is 1. The summed E-state index contributed by atoms with van der Waals surface area (Å²) in [6.45, 7) is 5.88. The van der Waals surface area contributed by atoms with Gasteiger partial charge in [-0.1, -0.05) is 18.2 Å². The Morgan fingerprint density at radius 1 is 1.14 bits per heavy atom. The number of hydrogen-bond donors (Lipinski definition) is 1. The van der Waals surface area contributed by atoms with Crippen LogP contribution in [0.3, 0.4) is 0 Å². The summed E-state index contributed by atoms with van der Waals surface area (Å²) in [7, 11) is 0.